The maximum absolute atomic E-state index is 17.5. The van der Waals surface area contributed by atoms with Gasteiger partial charge in [0.1, 0.15) is 35.2 Å². The standard InChI is InChI=1S/C36H39F3N8O4S/c37-19-6-36(4-1-5-46(36)10-19)17-51-35-43-31-28(34(44-35)47-20-2-3-21(47)12-45(11-20)9-18(13-48)14-49)24-16-50-15-23(24)26(29(31)39)30-27-22(7-40)33(41)52-32(27)25(38)8-42-30/h8,18-21,48-49H,1-6,9-17,41H2/t19-,20?,21?,36+/m1/s1. The van der Waals surface area contributed by atoms with E-state index in [9.17, 15) is 19.9 Å². The molecule has 2 unspecified atom stereocenters. The van der Waals surface area contributed by atoms with Gasteiger partial charge in [-0.3, -0.25) is 14.8 Å². The van der Waals surface area contributed by atoms with E-state index in [-0.39, 0.29) is 94.5 Å². The number of ether oxygens (including phenoxy) is 2. The summed E-state index contributed by atoms with van der Waals surface area (Å²) < 4.78 is 59.7. The van der Waals surface area contributed by atoms with Crippen LogP contribution in [-0.2, 0) is 18.0 Å². The molecule has 0 aliphatic carbocycles. The fourth-order valence-corrected chi connectivity index (χ4v) is 10.5. The number of nitrogens with zero attached hydrogens (tertiary/aromatic N) is 7. The van der Waals surface area contributed by atoms with Gasteiger partial charge in [-0.2, -0.15) is 15.2 Å². The summed E-state index contributed by atoms with van der Waals surface area (Å²) in [6, 6.07) is 2.06. The summed E-state index contributed by atoms with van der Waals surface area (Å²) in [4.78, 5) is 20.7. The normalized spacial score (nSPS) is 25.9. The minimum absolute atomic E-state index is 0.00161. The van der Waals surface area contributed by atoms with E-state index in [1.807, 2.05) is 0 Å². The van der Waals surface area contributed by atoms with Gasteiger partial charge >= 0.3 is 6.01 Å². The Morgan fingerprint density at radius 3 is 2.63 bits per heavy atom. The fourth-order valence-electron chi connectivity index (χ4n) is 9.55. The van der Waals surface area contributed by atoms with Crippen LogP contribution in [0.1, 0.15) is 48.8 Å². The van der Waals surface area contributed by atoms with E-state index in [0.717, 1.165) is 49.8 Å². The summed E-state index contributed by atoms with van der Waals surface area (Å²) in [5.74, 6) is -1.09. The average molecular weight is 737 g/mol. The Kier molecular flexibility index (Phi) is 8.44. The molecule has 4 aromatic rings. The van der Waals surface area contributed by atoms with Crippen molar-refractivity contribution in [2.24, 2.45) is 5.92 Å². The minimum Gasteiger partial charge on any atom is -0.461 e. The smallest absolute Gasteiger partial charge is 0.319 e. The lowest BCUT2D eigenvalue weighted by atomic mass is 9.93. The predicted molar refractivity (Wildman–Crippen MR) is 188 cm³/mol. The highest BCUT2D eigenvalue weighted by molar-refractivity contribution is 7.23. The molecular formula is C36H39F3N8O4S. The second-order valence-corrected chi connectivity index (χ2v) is 16.0. The number of pyridine rings is 1. The molecule has 4 saturated heterocycles. The molecule has 4 atom stereocenters. The van der Waals surface area contributed by atoms with E-state index in [1.54, 1.807) is 0 Å². The van der Waals surface area contributed by atoms with Crippen molar-refractivity contribution in [3.05, 3.63) is 34.5 Å². The number of hydrogen-bond acceptors (Lipinski definition) is 13. The number of benzene rings is 1. The molecule has 4 fully saturated rings. The van der Waals surface area contributed by atoms with Crippen LogP contribution in [0.15, 0.2) is 6.20 Å². The van der Waals surface area contributed by atoms with Crippen molar-refractivity contribution >= 4 is 43.1 Å². The Bertz CT molecular complexity index is 2110. The fraction of sp³-hybridized carbons (Fsp3) is 0.556. The number of aromatic nitrogens is 3. The van der Waals surface area contributed by atoms with Gasteiger partial charge in [0.2, 0.25) is 0 Å². The second-order valence-electron chi connectivity index (χ2n) is 14.9. The van der Waals surface area contributed by atoms with Gasteiger partial charge in [-0.25, -0.2) is 13.2 Å². The average Bonchev–Trinajstić information content (AvgIpc) is 3.95. The van der Waals surface area contributed by atoms with Gasteiger partial charge in [-0.05, 0) is 43.4 Å². The SMILES string of the molecule is N#Cc1c(N)sc2c(F)cnc(-c3c4c(c5c(N6C7CCC6CN(CC(CO)CO)C7)nc(OC[C@@]67CCCN6C[C@H](F)C7)nc5c3F)COC4)c12. The van der Waals surface area contributed by atoms with Crippen LogP contribution < -0.4 is 15.4 Å². The molecule has 274 valence electrons. The third-order valence-electron chi connectivity index (χ3n) is 11.9. The zero-order chi connectivity index (χ0) is 35.9. The van der Waals surface area contributed by atoms with Crippen LogP contribution in [0.2, 0.25) is 0 Å². The Balaban J connectivity index is 1.21. The van der Waals surface area contributed by atoms with Crippen molar-refractivity contribution in [2.45, 2.75) is 69.1 Å². The Morgan fingerprint density at radius 2 is 1.88 bits per heavy atom. The molecule has 16 heteroatoms. The first kappa shape index (κ1) is 34.0. The van der Waals surface area contributed by atoms with Crippen molar-refractivity contribution in [2.75, 3.05) is 63.2 Å². The van der Waals surface area contributed by atoms with Gasteiger partial charge in [0, 0.05) is 74.8 Å². The molecule has 52 heavy (non-hydrogen) atoms. The van der Waals surface area contributed by atoms with Gasteiger partial charge in [0.25, 0.3) is 0 Å². The number of alkyl halides is 1. The van der Waals surface area contributed by atoms with E-state index in [1.165, 1.54) is 0 Å². The van der Waals surface area contributed by atoms with Gasteiger partial charge in [0.15, 0.2) is 11.6 Å². The molecule has 0 radical (unpaired) electrons. The molecule has 1 aromatic carbocycles. The summed E-state index contributed by atoms with van der Waals surface area (Å²) in [6.07, 6.45) is 3.87. The number of piperazine rings is 1. The number of rotatable bonds is 9. The highest BCUT2D eigenvalue weighted by atomic mass is 32.1. The summed E-state index contributed by atoms with van der Waals surface area (Å²) >= 11 is 0.917. The van der Waals surface area contributed by atoms with Crippen LogP contribution in [-0.4, -0.2) is 111 Å². The van der Waals surface area contributed by atoms with Crippen molar-refractivity contribution in [1.29, 1.82) is 5.26 Å². The van der Waals surface area contributed by atoms with Gasteiger partial charge in [-0.15, -0.1) is 11.3 Å². The number of nitrogen functional groups attached to an aromatic ring is 1. The van der Waals surface area contributed by atoms with Crippen molar-refractivity contribution in [3.63, 3.8) is 0 Å². The number of aliphatic hydroxyl groups is 2. The summed E-state index contributed by atoms with van der Waals surface area (Å²) in [5, 5.41) is 30.3. The number of aliphatic hydroxyl groups excluding tert-OH is 2. The molecule has 0 amide bonds. The Labute approximate surface area is 301 Å². The highest BCUT2D eigenvalue weighted by Crippen LogP contribution is 2.48. The number of likely N-dealkylation sites (tertiary alicyclic amines) is 1. The third kappa shape index (κ3) is 5.23. The maximum Gasteiger partial charge on any atom is 0.319 e. The van der Waals surface area contributed by atoms with Crippen LogP contribution in [0.4, 0.5) is 24.0 Å². The molecular weight excluding hydrogens is 698 g/mol. The first-order chi connectivity index (χ1) is 25.2. The van der Waals surface area contributed by atoms with E-state index in [4.69, 9.17) is 25.2 Å². The van der Waals surface area contributed by atoms with Gasteiger partial charge in [0.05, 0.1) is 46.3 Å². The minimum atomic E-state index is -0.952. The lowest BCUT2D eigenvalue weighted by molar-refractivity contribution is 0.0988. The lowest BCUT2D eigenvalue weighted by Gasteiger charge is -2.43. The van der Waals surface area contributed by atoms with E-state index >= 15 is 8.78 Å². The monoisotopic (exact) mass is 736 g/mol. The van der Waals surface area contributed by atoms with Crippen molar-refractivity contribution < 1.29 is 32.9 Å². The summed E-state index contributed by atoms with van der Waals surface area (Å²) in [5.41, 5.74) is 7.06. The van der Waals surface area contributed by atoms with Crippen LogP contribution >= 0.6 is 11.3 Å². The number of anilines is 2. The molecule has 12 nitrogen and oxygen atoms in total. The van der Waals surface area contributed by atoms with E-state index < -0.39 is 23.3 Å². The Morgan fingerprint density at radius 1 is 1.12 bits per heavy atom. The summed E-state index contributed by atoms with van der Waals surface area (Å²) in [6.45, 7) is 3.18. The van der Waals surface area contributed by atoms with E-state index in [2.05, 4.69) is 25.8 Å². The molecule has 5 aliphatic rings. The number of nitrogens with two attached hydrogens (primary N) is 1. The molecule has 9 rings (SSSR count). The van der Waals surface area contributed by atoms with Crippen molar-refractivity contribution in [3.8, 4) is 23.3 Å². The highest BCUT2D eigenvalue weighted by Gasteiger charge is 2.50. The molecule has 3 aromatic heterocycles. The van der Waals surface area contributed by atoms with Crippen LogP contribution in [0, 0.1) is 28.9 Å². The Hall–Kier alpha value is -3.85. The lowest BCUT2D eigenvalue weighted by Crippen LogP contribution is -2.55. The van der Waals surface area contributed by atoms with Crippen molar-refractivity contribution in [1.82, 2.24) is 24.8 Å². The maximum atomic E-state index is 17.5. The molecule has 4 N–H and O–H groups in total. The molecule has 0 saturated carbocycles. The van der Waals surface area contributed by atoms with Crippen LogP contribution in [0.5, 0.6) is 6.01 Å². The molecule has 0 spiro atoms. The second kappa shape index (κ2) is 12.9. The van der Waals surface area contributed by atoms with Gasteiger partial charge in [-0.1, -0.05) is 0 Å². The number of hydrogen-bond donors (Lipinski definition) is 3. The quantitative estimate of drug-likeness (QED) is 0.228. The number of nitriles is 1. The molecule has 2 bridgehead atoms. The third-order valence-corrected chi connectivity index (χ3v) is 12.9. The van der Waals surface area contributed by atoms with E-state index in [0.29, 0.717) is 54.9 Å². The predicted octanol–water partition coefficient (Wildman–Crippen LogP) is 3.88. The zero-order valence-electron chi connectivity index (χ0n) is 28.5. The van der Waals surface area contributed by atoms with Crippen LogP contribution in [0.25, 0.3) is 32.2 Å². The topological polar surface area (TPSA) is 157 Å². The number of thiophene rings is 1. The first-order valence-electron chi connectivity index (χ1n) is 17.9. The van der Waals surface area contributed by atoms with Crippen LogP contribution in [0.3, 0.4) is 0 Å². The largest absolute Gasteiger partial charge is 0.461 e. The molecule has 5 aliphatic heterocycles. The first-order valence-corrected chi connectivity index (χ1v) is 18.7. The number of halogens is 3. The molecule has 8 heterocycles. The number of fused-ring (bicyclic) bond motifs is 7. The zero-order valence-corrected chi connectivity index (χ0v) is 29.3. The van der Waals surface area contributed by atoms with Gasteiger partial charge < -0.3 is 30.3 Å². The summed E-state index contributed by atoms with van der Waals surface area (Å²) in [7, 11) is 0.